The third-order valence-corrected chi connectivity index (χ3v) is 4.21. The molecule has 10 heteroatoms. The first-order valence-electron chi connectivity index (χ1n) is 7.95. The van der Waals surface area contributed by atoms with Crippen molar-refractivity contribution in [3.05, 3.63) is 36.0 Å². The summed E-state index contributed by atoms with van der Waals surface area (Å²) in [6.07, 6.45) is 0. The first kappa shape index (κ1) is 18.1. The summed E-state index contributed by atoms with van der Waals surface area (Å²) in [5.74, 6) is 1.52. The average molecular weight is 373 g/mol. The third kappa shape index (κ3) is 4.26. The lowest BCUT2D eigenvalue weighted by Gasteiger charge is -2.10. The van der Waals surface area contributed by atoms with Gasteiger partial charge in [-0.15, -0.1) is 5.10 Å². The average Bonchev–Trinajstić information content (AvgIpc) is 3.21. The van der Waals surface area contributed by atoms with Crippen LogP contribution in [0.5, 0.6) is 0 Å². The van der Waals surface area contributed by atoms with Gasteiger partial charge in [0.2, 0.25) is 17.0 Å². The second-order valence-electron chi connectivity index (χ2n) is 6.66. The molecule has 3 aromatic rings. The van der Waals surface area contributed by atoms with Gasteiger partial charge in [-0.05, 0) is 28.6 Å². The molecule has 0 atom stereocenters. The number of nitrogens with zero attached hydrogens (tertiary/aromatic N) is 6. The van der Waals surface area contributed by atoms with Gasteiger partial charge >= 0.3 is 0 Å². The molecule has 2 aromatic heterocycles. The number of hydrogen-bond acceptors (Lipinski definition) is 8. The number of hydrogen-bond donors (Lipinski definition) is 1. The Morgan fingerprint density at radius 3 is 2.85 bits per heavy atom. The quantitative estimate of drug-likeness (QED) is 0.679. The summed E-state index contributed by atoms with van der Waals surface area (Å²) in [5, 5.41) is 19.1. The number of carbonyl (C=O) groups excluding carboxylic acids is 1. The fourth-order valence-electron chi connectivity index (χ4n) is 2.10. The van der Waals surface area contributed by atoms with Gasteiger partial charge in [-0.3, -0.25) is 4.79 Å². The minimum Gasteiger partial charge on any atom is -0.339 e. The molecule has 0 radical (unpaired) electrons. The van der Waals surface area contributed by atoms with E-state index in [-0.39, 0.29) is 11.3 Å². The van der Waals surface area contributed by atoms with Gasteiger partial charge in [0, 0.05) is 18.0 Å². The molecule has 1 N–H and O–H groups in total. The summed E-state index contributed by atoms with van der Waals surface area (Å²) < 4.78 is 6.89. The number of tetrazole rings is 1. The number of amides is 1. The molecule has 0 aliphatic rings. The summed E-state index contributed by atoms with van der Waals surface area (Å²) in [7, 11) is 0. The van der Waals surface area contributed by atoms with E-state index in [1.807, 2.05) is 32.9 Å². The van der Waals surface area contributed by atoms with Crippen LogP contribution in [0, 0.1) is 0 Å². The van der Waals surface area contributed by atoms with E-state index >= 15 is 0 Å². The SMILES string of the molecule is CC(=O)Nc1cccc(-n2nnnc2SCc2noc(C(C)(C)C)n2)c1. The van der Waals surface area contributed by atoms with E-state index in [2.05, 4.69) is 31.0 Å². The van der Waals surface area contributed by atoms with Gasteiger partial charge in [0.15, 0.2) is 5.82 Å². The van der Waals surface area contributed by atoms with Gasteiger partial charge in [-0.25, -0.2) is 0 Å². The molecule has 1 amide bonds. The largest absolute Gasteiger partial charge is 0.339 e. The van der Waals surface area contributed by atoms with Crippen LogP contribution in [0.4, 0.5) is 5.69 Å². The van der Waals surface area contributed by atoms with E-state index in [0.29, 0.717) is 28.3 Å². The van der Waals surface area contributed by atoms with Crippen LogP contribution >= 0.6 is 11.8 Å². The minimum absolute atomic E-state index is 0.139. The molecule has 0 spiro atoms. The molecule has 26 heavy (non-hydrogen) atoms. The van der Waals surface area contributed by atoms with Gasteiger partial charge in [-0.1, -0.05) is 43.8 Å². The van der Waals surface area contributed by atoms with E-state index in [1.165, 1.54) is 18.7 Å². The topological polar surface area (TPSA) is 112 Å². The molecule has 0 saturated heterocycles. The molecular formula is C16H19N7O2S. The smallest absolute Gasteiger partial charge is 0.232 e. The molecule has 2 heterocycles. The second-order valence-corrected chi connectivity index (χ2v) is 7.60. The fraction of sp³-hybridized carbons (Fsp3) is 0.375. The maximum Gasteiger partial charge on any atom is 0.232 e. The van der Waals surface area contributed by atoms with Crippen molar-refractivity contribution in [1.29, 1.82) is 0 Å². The molecular weight excluding hydrogens is 354 g/mol. The number of aromatic nitrogens is 6. The highest BCUT2D eigenvalue weighted by Crippen LogP contribution is 2.25. The van der Waals surface area contributed by atoms with Gasteiger partial charge < -0.3 is 9.84 Å². The Hall–Kier alpha value is -2.75. The summed E-state index contributed by atoms with van der Waals surface area (Å²) in [6, 6.07) is 7.28. The van der Waals surface area contributed by atoms with Gasteiger partial charge in [0.05, 0.1) is 11.4 Å². The number of rotatable bonds is 5. The molecule has 0 fully saturated rings. The summed E-state index contributed by atoms with van der Waals surface area (Å²) in [5.41, 5.74) is 1.23. The predicted octanol–water partition coefficient (Wildman–Crippen LogP) is 2.59. The molecule has 3 rings (SSSR count). The third-order valence-electron chi connectivity index (χ3n) is 3.29. The van der Waals surface area contributed by atoms with Crippen LogP contribution in [-0.4, -0.2) is 36.3 Å². The normalized spacial score (nSPS) is 11.5. The second kappa shape index (κ2) is 7.24. The number of anilines is 1. The van der Waals surface area contributed by atoms with Gasteiger partial charge in [-0.2, -0.15) is 9.67 Å². The van der Waals surface area contributed by atoms with Crippen molar-refractivity contribution >= 4 is 23.4 Å². The van der Waals surface area contributed by atoms with Crippen molar-refractivity contribution in [2.75, 3.05) is 5.32 Å². The molecule has 136 valence electrons. The Balaban J connectivity index is 1.75. The van der Waals surface area contributed by atoms with Crippen molar-refractivity contribution in [2.24, 2.45) is 0 Å². The van der Waals surface area contributed by atoms with Crippen molar-refractivity contribution in [3.8, 4) is 5.69 Å². The minimum atomic E-state index is -0.193. The first-order valence-corrected chi connectivity index (χ1v) is 8.94. The first-order chi connectivity index (χ1) is 12.3. The highest BCUT2D eigenvalue weighted by atomic mass is 32.2. The number of nitrogens with one attached hydrogen (secondary N) is 1. The Bertz CT molecular complexity index is 913. The van der Waals surface area contributed by atoms with Crippen LogP contribution in [0.1, 0.15) is 39.4 Å². The van der Waals surface area contributed by atoms with E-state index in [1.54, 1.807) is 16.8 Å². The highest BCUT2D eigenvalue weighted by molar-refractivity contribution is 7.98. The summed E-state index contributed by atoms with van der Waals surface area (Å²) in [6.45, 7) is 7.50. The molecule has 9 nitrogen and oxygen atoms in total. The van der Waals surface area contributed by atoms with E-state index in [0.717, 1.165) is 5.69 Å². The standard InChI is InChI=1S/C16H19N7O2S/c1-10(24)17-11-6-5-7-12(8-11)23-15(19-21-22-23)26-9-13-18-14(25-20-13)16(2,3)4/h5-8H,9H2,1-4H3,(H,17,24). The number of carbonyl (C=O) groups is 1. The zero-order chi connectivity index (χ0) is 18.7. The monoisotopic (exact) mass is 373 g/mol. The highest BCUT2D eigenvalue weighted by Gasteiger charge is 2.22. The number of benzene rings is 1. The summed E-state index contributed by atoms with van der Waals surface area (Å²) >= 11 is 1.40. The van der Waals surface area contributed by atoms with Crippen molar-refractivity contribution in [3.63, 3.8) is 0 Å². The molecule has 0 saturated carbocycles. The van der Waals surface area contributed by atoms with Gasteiger partial charge in [0.1, 0.15) is 0 Å². The fourth-order valence-corrected chi connectivity index (χ4v) is 2.83. The lowest BCUT2D eigenvalue weighted by molar-refractivity contribution is -0.114. The Kier molecular flexibility index (Phi) is 5.03. The molecule has 0 bridgehead atoms. The van der Waals surface area contributed by atoms with Gasteiger partial charge in [0.25, 0.3) is 0 Å². The van der Waals surface area contributed by atoms with Crippen molar-refractivity contribution in [1.82, 2.24) is 30.3 Å². The van der Waals surface area contributed by atoms with Crippen LogP contribution in [-0.2, 0) is 16.0 Å². The zero-order valence-corrected chi connectivity index (χ0v) is 15.7. The molecule has 0 aliphatic heterocycles. The molecule has 0 unspecified atom stereocenters. The summed E-state index contributed by atoms with van der Waals surface area (Å²) in [4.78, 5) is 15.6. The maximum absolute atomic E-state index is 11.2. The lowest BCUT2D eigenvalue weighted by atomic mass is 9.97. The molecule has 0 aliphatic carbocycles. The zero-order valence-electron chi connectivity index (χ0n) is 14.9. The Morgan fingerprint density at radius 2 is 2.15 bits per heavy atom. The van der Waals surface area contributed by atoms with Crippen LogP contribution in [0.25, 0.3) is 5.69 Å². The predicted molar refractivity (Wildman–Crippen MR) is 96.0 cm³/mol. The Morgan fingerprint density at radius 1 is 1.35 bits per heavy atom. The Labute approximate surface area is 154 Å². The van der Waals surface area contributed by atoms with Crippen LogP contribution < -0.4 is 5.32 Å². The van der Waals surface area contributed by atoms with Crippen LogP contribution in [0.3, 0.4) is 0 Å². The van der Waals surface area contributed by atoms with Crippen LogP contribution in [0.15, 0.2) is 33.9 Å². The lowest BCUT2D eigenvalue weighted by Crippen LogP contribution is -2.11. The van der Waals surface area contributed by atoms with E-state index < -0.39 is 0 Å². The maximum atomic E-state index is 11.2. The van der Waals surface area contributed by atoms with Crippen molar-refractivity contribution in [2.45, 2.75) is 44.0 Å². The number of thioether (sulfide) groups is 1. The van der Waals surface area contributed by atoms with E-state index in [9.17, 15) is 4.79 Å². The van der Waals surface area contributed by atoms with E-state index in [4.69, 9.17) is 4.52 Å². The molecule has 1 aromatic carbocycles. The van der Waals surface area contributed by atoms with Crippen LogP contribution in [0.2, 0.25) is 0 Å². The van der Waals surface area contributed by atoms with Crippen molar-refractivity contribution < 1.29 is 9.32 Å².